The summed E-state index contributed by atoms with van der Waals surface area (Å²) in [4.78, 5) is 8.91. The molecule has 0 spiro atoms. The molecule has 1 atom stereocenters. The highest BCUT2D eigenvalue weighted by Crippen LogP contribution is 2.24. The minimum absolute atomic E-state index is 0.104. The van der Waals surface area contributed by atoms with Gasteiger partial charge < -0.3 is 4.42 Å². The molecule has 22 heavy (non-hydrogen) atoms. The van der Waals surface area contributed by atoms with Crippen LogP contribution in [0.3, 0.4) is 0 Å². The Hall–Kier alpha value is -1.72. The van der Waals surface area contributed by atoms with Crippen molar-refractivity contribution < 1.29 is 8.81 Å². The SMILES string of the molecule is Cc1cnc(CN2CCN([C@H](C)c3ccccc3F)CC2)o1. The Labute approximate surface area is 130 Å². The van der Waals surface area contributed by atoms with Gasteiger partial charge in [-0.25, -0.2) is 9.37 Å². The van der Waals surface area contributed by atoms with E-state index in [0.717, 1.165) is 49.9 Å². The predicted octanol–water partition coefficient (Wildman–Crippen LogP) is 3.00. The van der Waals surface area contributed by atoms with E-state index in [2.05, 4.69) is 21.7 Å². The molecule has 1 aliphatic heterocycles. The molecule has 1 aromatic heterocycles. The lowest BCUT2D eigenvalue weighted by Gasteiger charge is -2.37. The van der Waals surface area contributed by atoms with Crippen molar-refractivity contribution in [2.24, 2.45) is 0 Å². The Kier molecular flexibility index (Phi) is 4.55. The largest absolute Gasteiger partial charge is 0.445 e. The van der Waals surface area contributed by atoms with Crippen molar-refractivity contribution >= 4 is 0 Å². The summed E-state index contributed by atoms with van der Waals surface area (Å²) in [6.45, 7) is 8.47. The quantitative estimate of drug-likeness (QED) is 0.869. The Balaban J connectivity index is 1.56. The molecular weight excluding hydrogens is 281 g/mol. The van der Waals surface area contributed by atoms with Crippen molar-refractivity contribution in [2.45, 2.75) is 26.4 Å². The van der Waals surface area contributed by atoms with Crippen molar-refractivity contribution in [1.29, 1.82) is 0 Å². The summed E-state index contributed by atoms with van der Waals surface area (Å²) in [6, 6.07) is 7.15. The first-order chi connectivity index (χ1) is 10.6. The van der Waals surface area contributed by atoms with Gasteiger partial charge in [-0.2, -0.15) is 0 Å². The third-order valence-electron chi connectivity index (χ3n) is 4.34. The second-order valence-corrected chi connectivity index (χ2v) is 5.87. The minimum atomic E-state index is -0.118. The lowest BCUT2D eigenvalue weighted by molar-refractivity contribution is 0.0907. The molecule has 1 fully saturated rings. The number of piperazine rings is 1. The number of aryl methyl sites for hydroxylation is 1. The van der Waals surface area contributed by atoms with Crippen LogP contribution in [0.25, 0.3) is 0 Å². The van der Waals surface area contributed by atoms with Gasteiger partial charge in [-0.3, -0.25) is 9.80 Å². The summed E-state index contributed by atoms with van der Waals surface area (Å²) < 4.78 is 19.4. The van der Waals surface area contributed by atoms with Crippen LogP contribution in [0.2, 0.25) is 0 Å². The number of nitrogens with zero attached hydrogens (tertiary/aromatic N) is 3. The van der Waals surface area contributed by atoms with Gasteiger partial charge >= 0.3 is 0 Å². The van der Waals surface area contributed by atoms with Crippen LogP contribution in [0.5, 0.6) is 0 Å². The number of oxazole rings is 1. The number of halogens is 1. The molecule has 1 aromatic carbocycles. The molecule has 118 valence electrons. The average molecular weight is 303 g/mol. The smallest absolute Gasteiger partial charge is 0.208 e. The highest BCUT2D eigenvalue weighted by Gasteiger charge is 2.24. The molecule has 0 aliphatic carbocycles. The van der Waals surface area contributed by atoms with Gasteiger partial charge in [-0.05, 0) is 19.9 Å². The Bertz CT molecular complexity index is 620. The predicted molar refractivity (Wildman–Crippen MR) is 82.9 cm³/mol. The molecule has 0 bridgehead atoms. The Morgan fingerprint density at radius 3 is 2.59 bits per heavy atom. The summed E-state index contributed by atoms with van der Waals surface area (Å²) in [5.41, 5.74) is 0.777. The van der Waals surface area contributed by atoms with E-state index >= 15 is 0 Å². The van der Waals surface area contributed by atoms with E-state index in [0.29, 0.717) is 0 Å². The number of hydrogen-bond acceptors (Lipinski definition) is 4. The summed E-state index contributed by atoms with van der Waals surface area (Å²) >= 11 is 0. The number of hydrogen-bond donors (Lipinski definition) is 0. The van der Waals surface area contributed by atoms with E-state index in [4.69, 9.17) is 4.42 Å². The zero-order valence-electron chi connectivity index (χ0n) is 13.1. The molecule has 1 saturated heterocycles. The van der Waals surface area contributed by atoms with Crippen molar-refractivity contribution in [2.75, 3.05) is 26.2 Å². The number of aromatic nitrogens is 1. The van der Waals surface area contributed by atoms with Crippen molar-refractivity contribution in [1.82, 2.24) is 14.8 Å². The maximum Gasteiger partial charge on any atom is 0.208 e. The molecule has 0 N–H and O–H groups in total. The molecule has 0 unspecified atom stereocenters. The standard InChI is InChI=1S/C17H22FN3O/c1-13-11-19-17(22-13)12-20-7-9-21(10-8-20)14(2)15-5-3-4-6-16(15)18/h3-6,11,14H,7-10,12H2,1-2H3/t14-/m1/s1. The van der Waals surface area contributed by atoms with Crippen LogP contribution in [0.15, 0.2) is 34.9 Å². The van der Waals surface area contributed by atoms with Crippen LogP contribution in [0.4, 0.5) is 4.39 Å². The van der Waals surface area contributed by atoms with E-state index in [1.165, 1.54) is 6.07 Å². The van der Waals surface area contributed by atoms with Crippen LogP contribution in [0, 0.1) is 12.7 Å². The first-order valence-electron chi connectivity index (χ1n) is 7.75. The fourth-order valence-electron chi connectivity index (χ4n) is 2.99. The minimum Gasteiger partial charge on any atom is -0.445 e. The van der Waals surface area contributed by atoms with Crippen LogP contribution in [-0.4, -0.2) is 41.0 Å². The van der Waals surface area contributed by atoms with Crippen LogP contribution in [0.1, 0.15) is 30.2 Å². The van der Waals surface area contributed by atoms with E-state index in [1.54, 1.807) is 12.3 Å². The highest BCUT2D eigenvalue weighted by molar-refractivity contribution is 5.20. The zero-order valence-corrected chi connectivity index (χ0v) is 13.1. The van der Waals surface area contributed by atoms with Crippen LogP contribution in [-0.2, 0) is 6.54 Å². The Morgan fingerprint density at radius 2 is 1.95 bits per heavy atom. The van der Waals surface area contributed by atoms with Crippen molar-refractivity contribution in [3.63, 3.8) is 0 Å². The summed E-state index contributed by atoms with van der Waals surface area (Å²) in [5.74, 6) is 1.50. The molecule has 0 amide bonds. The maximum absolute atomic E-state index is 13.9. The lowest BCUT2D eigenvalue weighted by Crippen LogP contribution is -2.46. The van der Waals surface area contributed by atoms with Gasteiger partial charge in [0.05, 0.1) is 12.7 Å². The fraction of sp³-hybridized carbons (Fsp3) is 0.471. The average Bonchev–Trinajstić information content (AvgIpc) is 2.93. The molecule has 2 heterocycles. The van der Waals surface area contributed by atoms with E-state index in [-0.39, 0.29) is 11.9 Å². The first-order valence-corrected chi connectivity index (χ1v) is 7.75. The summed E-state index contributed by atoms with van der Waals surface area (Å²) in [7, 11) is 0. The van der Waals surface area contributed by atoms with Gasteiger partial charge in [-0.15, -0.1) is 0 Å². The summed E-state index contributed by atoms with van der Waals surface area (Å²) in [5, 5.41) is 0. The molecule has 5 heteroatoms. The third kappa shape index (κ3) is 3.36. The molecule has 0 radical (unpaired) electrons. The second-order valence-electron chi connectivity index (χ2n) is 5.87. The van der Waals surface area contributed by atoms with E-state index in [9.17, 15) is 4.39 Å². The van der Waals surface area contributed by atoms with Gasteiger partial charge in [-0.1, -0.05) is 18.2 Å². The Morgan fingerprint density at radius 1 is 1.23 bits per heavy atom. The van der Waals surface area contributed by atoms with E-state index in [1.807, 2.05) is 19.1 Å². The van der Waals surface area contributed by atoms with Gasteiger partial charge in [0.2, 0.25) is 5.89 Å². The maximum atomic E-state index is 13.9. The van der Waals surface area contributed by atoms with Gasteiger partial charge in [0.15, 0.2) is 0 Å². The normalized spacial score (nSPS) is 18.5. The molecule has 0 saturated carbocycles. The molecular formula is C17H22FN3O. The van der Waals surface area contributed by atoms with Gasteiger partial charge in [0.25, 0.3) is 0 Å². The fourth-order valence-corrected chi connectivity index (χ4v) is 2.99. The van der Waals surface area contributed by atoms with Crippen LogP contribution >= 0.6 is 0 Å². The lowest BCUT2D eigenvalue weighted by atomic mass is 10.1. The van der Waals surface area contributed by atoms with E-state index < -0.39 is 0 Å². The molecule has 3 rings (SSSR count). The number of benzene rings is 1. The van der Waals surface area contributed by atoms with Gasteiger partial charge in [0.1, 0.15) is 11.6 Å². The first kappa shape index (κ1) is 15.2. The highest BCUT2D eigenvalue weighted by atomic mass is 19.1. The molecule has 1 aliphatic rings. The molecule has 4 nitrogen and oxygen atoms in total. The van der Waals surface area contributed by atoms with Gasteiger partial charge in [0, 0.05) is 37.8 Å². The zero-order chi connectivity index (χ0) is 15.5. The third-order valence-corrected chi connectivity index (χ3v) is 4.34. The molecule has 2 aromatic rings. The van der Waals surface area contributed by atoms with Crippen molar-refractivity contribution in [3.8, 4) is 0 Å². The number of rotatable bonds is 4. The van der Waals surface area contributed by atoms with Crippen molar-refractivity contribution in [3.05, 3.63) is 53.5 Å². The second kappa shape index (κ2) is 6.58. The monoisotopic (exact) mass is 303 g/mol. The summed E-state index contributed by atoms with van der Waals surface area (Å²) in [6.07, 6.45) is 1.76. The topological polar surface area (TPSA) is 32.5 Å². The van der Waals surface area contributed by atoms with Crippen LogP contribution < -0.4 is 0 Å².